The molecule has 3 N–H and O–H groups in total. The van der Waals surface area contributed by atoms with E-state index in [-0.39, 0.29) is 11.5 Å². The summed E-state index contributed by atoms with van der Waals surface area (Å²) in [6.07, 6.45) is 6.59. The molecule has 3 fully saturated rings. The van der Waals surface area contributed by atoms with Crippen LogP contribution in [0, 0.1) is 5.41 Å². The van der Waals surface area contributed by atoms with Crippen LogP contribution in [0.1, 0.15) is 38.5 Å². The van der Waals surface area contributed by atoms with Gasteiger partial charge in [-0.05, 0) is 50.5 Å². The van der Waals surface area contributed by atoms with Gasteiger partial charge in [0.05, 0.1) is 6.10 Å². The molecule has 0 spiro atoms. The predicted molar refractivity (Wildman–Crippen MR) is 70.3 cm³/mol. The second-order valence-electron chi connectivity index (χ2n) is 6.50. The van der Waals surface area contributed by atoms with E-state index in [1.807, 2.05) is 0 Å². The zero-order valence-corrected chi connectivity index (χ0v) is 11.2. The quantitative estimate of drug-likeness (QED) is 0.779. The summed E-state index contributed by atoms with van der Waals surface area (Å²) in [6, 6.07) is 1.20. The summed E-state index contributed by atoms with van der Waals surface area (Å²) >= 11 is 0. The van der Waals surface area contributed by atoms with Crippen LogP contribution in [0.15, 0.2) is 0 Å². The molecule has 2 atom stereocenters. The summed E-state index contributed by atoms with van der Waals surface area (Å²) in [5.74, 6) is 0. The number of hydrogen-bond donors (Lipinski definition) is 2. The molecule has 2 bridgehead atoms. The number of ether oxygens (including phenoxy) is 1. The summed E-state index contributed by atoms with van der Waals surface area (Å²) in [5.41, 5.74) is 6.33. The Balaban J connectivity index is 1.68. The van der Waals surface area contributed by atoms with E-state index < -0.39 is 0 Å². The smallest absolute Gasteiger partial charge is 0.0570 e. The average Bonchev–Trinajstić information content (AvgIpc) is 2.62. The second-order valence-corrected chi connectivity index (χ2v) is 6.50. The summed E-state index contributed by atoms with van der Waals surface area (Å²) in [7, 11) is 0. The first kappa shape index (κ1) is 12.9. The molecule has 0 aromatic rings. The minimum absolute atomic E-state index is 0.0673. The highest BCUT2D eigenvalue weighted by molar-refractivity contribution is 4.98. The maximum atomic E-state index is 9.86. The third kappa shape index (κ3) is 2.31. The Kier molecular flexibility index (Phi) is 3.63. The van der Waals surface area contributed by atoms with Crippen LogP contribution in [-0.2, 0) is 4.74 Å². The van der Waals surface area contributed by atoms with Crippen LogP contribution in [0.3, 0.4) is 0 Å². The van der Waals surface area contributed by atoms with Gasteiger partial charge >= 0.3 is 0 Å². The van der Waals surface area contributed by atoms with Crippen LogP contribution < -0.4 is 5.73 Å². The largest absolute Gasteiger partial charge is 0.393 e. The SMILES string of the molecule is NCC1(CN2C3CCC2CC(O)C3)CCOCC1. The monoisotopic (exact) mass is 254 g/mol. The van der Waals surface area contributed by atoms with Gasteiger partial charge in [-0.3, -0.25) is 4.90 Å². The molecule has 3 aliphatic rings. The molecule has 3 aliphatic heterocycles. The van der Waals surface area contributed by atoms with Gasteiger partial charge in [0, 0.05) is 31.8 Å². The maximum Gasteiger partial charge on any atom is 0.0570 e. The molecule has 2 unspecified atom stereocenters. The zero-order valence-electron chi connectivity index (χ0n) is 11.2. The Morgan fingerprint density at radius 3 is 2.33 bits per heavy atom. The van der Waals surface area contributed by atoms with Crippen LogP contribution in [0.4, 0.5) is 0 Å². The number of fused-ring (bicyclic) bond motifs is 2. The Labute approximate surface area is 109 Å². The standard InChI is InChI=1S/C14H26N2O2/c15-9-14(3-5-18-6-4-14)10-16-11-1-2-12(16)8-13(17)7-11/h11-13,17H,1-10,15H2. The van der Waals surface area contributed by atoms with Crippen molar-refractivity contribution in [1.82, 2.24) is 4.90 Å². The Morgan fingerprint density at radius 1 is 1.17 bits per heavy atom. The lowest BCUT2D eigenvalue weighted by molar-refractivity contribution is -0.0323. The third-order valence-electron chi connectivity index (χ3n) is 5.36. The van der Waals surface area contributed by atoms with E-state index in [0.717, 1.165) is 52.0 Å². The highest BCUT2D eigenvalue weighted by Crippen LogP contribution is 2.40. The van der Waals surface area contributed by atoms with Gasteiger partial charge in [0.15, 0.2) is 0 Å². The first-order valence-corrected chi connectivity index (χ1v) is 7.44. The summed E-state index contributed by atoms with van der Waals surface area (Å²) < 4.78 is 5.49. The number of aliphatic hydroxyl groups is 1. The zero-order chi connectivity index (χ0) is 12.6. The predicted octanol–water partition coefficient (Wildman–Crippen LogP) is 0.730. The van der Waals surface area contributed by atoms with Crippen molar-refractivity contribution in [3.8, 4) is 0 Å². The van der Waals surface area contributed by atoms with Gasteiger partial charge in [0.25, 0.3) is 0 Å². The number of nitrogens with two attached hydrogens (primary N) is 1. The van der Waals surface area contributed by atoms with Gasteiger partial charge in [-0.1, -0.05) is 0 Å². The molecule has 3 saturated heterocycles. The highest BCUT2D eigenvalue weighted by Gasteiger charge is 2.44. The molecule has 0 saturated carbocycles. The van der Waals surface area contributed by atoms with E-state index in [4.69, 9.17) is 10.5 Å². The average molecular weight is 254 g/mol. The summed E-state index contributed by atoms with van der Waals surface area (Å²) in [5, 5.41) is 9.86. The molecule has 4 heteroatoms. The molecule has 0 amide bonds. The van der Waals surface area contributed by atoms with Crippen molar-refractivity contribution in [1.29, 1.82) is 0 Å². The van der Waals surface area contributed by atoms with Crippen LogP contribution in [0.2, 0.25) is 0 Å². The van der Waals surface area contributed by atoms with E-state index in [2.05, 4.69) is 4.90 Å². The number of piperidine rings is 1. The maximum absolute atomic E-state index is 9.86. The molecule has 18 heavy (non-hydrogen) atoms. The van der Waals surface area contributed by atoms with Crippen LogP contribution in [0.25, 0.3) is 0 Å². The fourth-order valence-corrected chi connectivity index (χ4v) is 4.12. The van der Waals surface area contributed by atoms with Crippen molar-refractivity contribution < 1.29 is 9.84 Å². The lowest BCUT2D eigenvalue weighted by Gasteiger charge is -2.45. The molecular formula is C14H26N2O2. The minimum atomic E-state index is -0.0673. The van der Waals surface area contributed by atoms with Crippen molar-refractivity contribution in [2.45, 2.75) is 56.7 Å². The van der Waals surface area contributed by atoms with Crippen molar-refractivity contribution >= 4 is 0 Å². The molecule has 0 aromatic carbocycles. The third-order valence-corrected chi connectivity index (χ3v) is 5.36. The van der Waals surface area contributed by atoms with Gasteiger partial charge in [-0.25, -0.2) is 0 Å². The number of nitrogens with zero attached hydrogens (tertiary/aromatic N) is 1. The minimum Gasteiger partial charge on any atom is -0.393 e. The van der Waals surface area contributed by atoms with Crippen LogP contribution in [0.5, 0.6) is 0 Å². The molecule has 0 radical (unpaired) electrons. The molecular weight excluding hydrogens is 228 g/mol. The van der Waals surface area contributed by atoms with Gasteiger partial charge in [-0.15, -0.1) is 0 Å². The lowest BCUT2D eigenvalue weighted by atomic mass is 9.79. The van der Waals surface area contributed by atoms with Gasteiger partial charge < -0.3 is 15.6 Å². The summed E-state index contributed by atoms with van der Waals surface area (Å²) in [4.78, 5) is 2.66. The normalized spacial score (nSPS) is 40.0. The van der Waals surface area contributed by atoms with Crippen molar-refractivity contribution in [3.63, 3.8) is 0 Å². The van der Waals surface area contributed by atoms with E-state index in [1.165, 1.54) is 12.8 Å². The molecule has 104 valence electrons. The first-order valence-electron chi connectivity index (χ1n) is 7.44. The van der Waals surface area contributed by atoms with Gasteiger partial charge in [0.2, 0.25) is 0 Å². The number of rotatable bonds is 3. The molecule has 0 aromatic heterocycles. The van der Waals surface area contributed by atoms with Crippen LogP contribution in [-0.4, -0.2) is 54.5 Å². The number of aliphatic hydroxyl groups excluding tert-OH is 1. The molecule has 3 rings (SSSR count). The molecule has 0 aliphatic carbocycles. The molecule has 3 heterocycles. The van der Waals surface area contributed by atoms with Crippen molar-refractivity contribution in [2.75, 3.05) is 26.3 Å². The lowest BCUT2D eigenvalue weighted by Crippen LogP contribution is -2.52. The van der Waals surface area contributed by atoms with Crippen molar-refractivity contribution in [2.24, 2.45) is 11.1 Å². The topological polar surface area (TPSA) is 58.7 Å². The highest BCUT2D eigenvalue weighted by atomic mass is 16.5. The van der Waals surface area contributed by atoms with E-state index in [1.54, 1.807) is 0 Å². The second kappa shape index (κ2) is 5.08. The van der Waals surface area contributed by atoms with Crippen LogP contribution >= 0.6 is 0 Å². The fraction of sp³-hybridized carbons (Fsp3) is 1.00. The van der Waals surface area contributed by atoms with E-state index >= 15 is 0 Å². The van der Waals surface area contributed by atoms with E-state index in [9.17, 15) is 5.11 Å². The first-order chi connectivity index (χ1) is 8.72. The molecule has 4 nitrogen and oxygen atoms in total. The number of hydrogen-bond acceptors (Lipinski definition) is 4. The van der Waals surface area contributed by atoms with Gasteiger partial charge in [-0.2, -0.15) is 0 Å². The van der Waals surface area contributed by atoms with Gasteiger partial charge in [0.1, 0.15) is 0 Å². The Morgan fingerprint density at radius 2 is 1.78 bits per heavy atom. The Bertz CT molecular complexity index is 278. The fourth-order valence-electron chi connectivity index (χ4n) is 4.12. The van der Waals surface area contributed by atoms with E-state index in [0.29, 0.717) is 12.1 Å². The summed E-state index contributed by atoms with van der Waals surface area (Å²) in [6.45, 7) is 3.62. The van der Waals surface area contributed by atoms with Crippen molar-refractivity contribution in [3.05, 3.63) is 0 Å². The Hall–Kier alpha value is -0.160.